The van der Waals surface area contributed by atoms with Gasteiger partial charge in [-0.1, -0.05) is 17.7 Å². The normalized spacial score (nSPS) is 15.8. The van der Waals surface area contributed by atoms with Gasteiger partial charge in [0, 0.05) is 25.9 Å². The Balaban J connectivity index is 0.000000199. The minimum absolute atomic E-state index is 0.0666. The van der Waals surface area contributed by atoms with Crippen molar-refractivity contribution in [1.82, 2.24) is 5.32 Å². The van der Waals surface area contributed by atoms with Gasteiger partial charge < -0.3 is 5.32 Å². The third-order valence-electron chi connectivity index (χ3n) is 2.48. The Morgan fingerprint density at radius 3 is 1.94 bits per heavy atom. The zero-order valence-corrected chi connectivity index (χ0v) is 11.0. The zero-order chi connectivity index (χ0) is 13.6. The summed E-state index contributed by atoms with van der Waals surface area (Å²) in [6.07, 6.45) is 1.47. The first-order chi connectivity index (χ1) is 8.39. The van der Waals surface area contributed by atoms with Gasteiger partial charge in [-0.2, -0.15) is 8.42 Å². The number of carbonyl (C=O) groups is 1. The summed E-state index contributed by atoms with van der Waals surface area (Å²) in [4.78, 5) is 10.4. The largest absolute Gasteiger partial charge is 0.316 e. The van der Waals surface area contributed by atoms with Crippen LogP contribution in [0.1, 0.15) is 18.4 Å². The number of hydrogen-bond acceptors (Lipinski definition) is 4. The molecule has 1 aromatic carbocycles. The van der Waals surface area contributed by atoms with Crippen molar-refractivity contribution >= 4 is 15.9 Å². The van der Waals surface area contributed by atoms with Gasteiger partial charge in [-0.3, -0.25) is 9.35 Å². The van der Waals surface area contributed by atoms with E-state index in [0.29, 0.717) is 5.78 Å². The lowest BCUT2D eigenvalue weighted by molar-refractivity contribution is -0.119. The predicted octanol–water partition coefficient (Wildman–Crippen LogP) is 1.18. The zero-order valence-electron chi connectivity index (χ0n) is 10.2. The van der Waals surface area contributed by atoms with Crippen molar-refractivity contribution < 1.29 is 17.8 Å². The summed E-state index contributed by atoms with van der Waals surface area (Å²) in [5.41, 5.74) is 0.956. The summed E-state index contributed by atoms with van der Waals surface area (Å²) in [5.74, 6) is 0.402. The molecule has 5 nitrogen and oxygen atoms in total. The molecule has 1 aliphatic rings. The van der Waals surface area contributed by atoms with E-state index in [1.807, 2.05) is 6.92 Å². The van der Waals surface area contributed by atoms with Crippen molar-refractivity contribution in [3.05, 3.63) is 29.8 Å². The van der Waals surface area contributed by atoms with Crippen LogP contribution in [0.15, 0.2) is 29.2 Å². The lowest BCUT2D eigenvalue weighted by Gasteiger charge is -2.08. The first-order valence-corrected chi connectivity index (χ1v) is 7.10. The Morgan fingerprint density at radius 2 is 1.61 bits per heavy atom. The maximum Gasteiger partial charge on any atom is 0.294 e. The summed E-state index contributed by atoms with van der Waals surface area (Å²) < 4.78 is 29.6. The molecule has 2 N–H and O–H groups in total. The molecule has 1 aromatic rings. The number of benzene rings is 1. The monoisotopic (exact) mass is 271 g/mol. The van der Waals surface area contributed by atoms with Crippen molar-refractivity contribution in [1.29, 1.82) is 0 Å². The van der Waals surface area contributed by atoms with E-state index in [2.05, 4.69) is 5.32 Å². The Bertz CT molecular complexity index is 485. The Morgan fingerprint density at radius 1 is 1.11 bits per heavy atom. The molecule has 0 saturated carbocycles. The van der Waals surface area contributed by atoms with E-state index in [4.69, 9.17) is 4.55 Å². The van der Waals surface area contributed by atoms with Crippen LogP contribution in [0.25, 0.3) is 0 Å². The molecule has 1 heterocycles. The van der Waals surface area contributed by atoms with Gasteiger partial charge in [0.2, 0.25) is 0 Å². The molecule has 0 bridgehead atoms. The smallest absolute Gasteiger partial charge is 0.294 e. The van der Waals surface area contributed by atoms with Crippen LogP contribution in [0.3, 0.4) is 0 Å². The molecule has 1 fully saturated rings. The number of rotatable bonds is 1. The van der Waals surface area contributed by atoms with Crippen LogP contribution < -0.4 is 5.32 Å². The molecular weight excluding hydrogens is 254 g/mol. The molecule has 18 heavy (non-hydrogen) atoms. The lowest BCUT2D eigenvalue weighted by atomic mass is 10.1. The van der Waals surface area contributed by atoms with Crippen molar-refractivity contribution in [2.45, 2.75) is 24.7 Å². The highest BCUT2D eigenvalue weighted by Crippen LogP contribution is 2.08. The second kappa shape index (κ2) is 6.63. The second-order valence-corrected chi connectivity index (χ2v) is 5.50. The van der Waals surface area contributed by atoms with Crippen LogP contribution in [-0.2, 0) is 14.9 Å². The number of nitrogens with one attached hydrogen (secondary N) is 1. The maximum atomic E-state index is 10.5. The Labute approximate surface area is 107 Å². The van der Waals surface area contributed by atoms with Crippen LogP contribution in [0.2, 0.25) is 0 Å². The Hall–Kier alpha value is -1.24. The molecule has 1 aliphatic heterocycles. The van der Waals surface area contributed by atoms with Crippen LogP contribution in [-0.4, -0.2) is 31.8 Å². The van der Waals surface area contributed by atoms with Gasteiger partial charge in [-0.25, -0.2) is 0 Å². The van der Waals surface area contributed by atoms with Crippen LogP contribution in [0, 0.1) is 6.92 Å². The van der Waals surface area contributed by atoms with Crippen LogP contribution >= 0.6 is 0 Å². The Kier molecular flexibility index (Phi) is 5.46. The van der Waals surface area contributed by atoms with E-state index < -0.39 is 10.1 Å². The minimum Gasteiger partial charge on any atom is -0.316 e. The summed E-state index contributed by atoms with van der Waals surface area (Å²) in [5, 5.41) is 3.09. The number of piperidine rings is 1. The number of aryl methyl sites for hydroxylation is 1. The molecule has 0 radical (unpaired) electrons. The number of carbonyl (C=O) groups excluding carboxylic acids is 1. The first-order valence-electron chi connectivity index (χ1n) is 5.66. The van der Waals surface area contributed by atoms with Gasteiger partial charge in [0.25, 0.3) is 10.1 Å². The highest BCUT2D eigenvalue weighted by Gasteiger charge is 2.06. The number of ketones is 1. The molecule has 0 amide bonds. The molecule has 0 aromatic heterocycles. The van der Waals surface area contributed by atoms with Crippen molar-refractivity contribution in [2.75, 3.05) is 13.1 Å². The summed E-state index contributed by atoms with van der Waals surface area (Å²) >= 11 is 0. The molecule has 1 saturated heterocycles. The van der Waals surface area contributed by atoms with E-state index in [0.717, 1.165) is 31.5 Å². The fourth-order valence-corrected chi connectivity index (χ4v) is 1.90. The number of hydrogen-bond donors (Lipinski definition) is 2. The molecule has 0 spiro atoms. The molecular formula is C12H17NO4S. The molecule has 0 unspecified atom stereocenters. The maximum absolute atomic E-state index is 10.5. The van der Waals surface area contributed by atoms with E-state index in [9.17, 15) is 13.2 Å². The average molecular weight is 271 g/mol. The van der Waals surface area contributed by atoms with E-state index in [-0.39, 0.29) is 4.90 Å². The van der Waals surface area contributed by atoms with Gasteiger partial charge in [0.15, 0.2) is 0 Å². The standard InChI is InChI=1S/C7H8O3S.C5H9NO/c1-6-2-4-7(5-3-6)11(8,9)10;7-5-1-3-6-4-2-5/h2-5H,1H3,(H,8,9,10);6H,1-4H2. The van der Waals surface area contributed by atoms with Gasteiger partial charge >= 0.3 is 0 Å². The molecule has 100 valence electrons. The third-order valence-corrected chi connectivity index (χ3v) is 3.35. The lowest BCUT2D eigenvalue weighted by Crippen LogP contribution is -2.27. The fraction of sp³-hybridized carbons (Fsp3) is 0.417. The summed E-state index contributed by atoms with van der Waals surface area (Å²) in [6, 6.07) is 5.99. The summed E-state index contributed by atoms with van der Waals surface area (Å²) in [6.45, 7) is 3.62. The first kappa shape index (κ1) is 14.8. The molecule has 0 atom stereocenters. The SMILES string of the molecule is Cc1ccc(S(=O)(=O)O)cc1.O=C1CCNCC1. The van der Waals surface area contributed by atoms with Gasteiger partial charge in [-0.05, 0) is 19.1 Å². The van der Waals surface area contributed by atoms with Gasteiger partial charge in [0.1, 0.15) is 5.78 Å². The van der Waals surface area contributed by atoms with E-state index in [1.165, 1.54) is 12.1 Å². The predicted molar refractivity (Wildman–Crippen MR) is 68.1 cm³/mol. The number of Topliss-reactive ketones (excluding diaryl/α,β-unsaturated/α-hetero) is 1. The quantitative estimate of drug-likeness (QED) is 0.749. The fourth-order valence-electron chi connectivity index (χ4n) is 1.42. The van der Waals surface area contributed by atoms with E-state index in [1.54, 1.807) is 12.1 Å². The molecule has 0 aliphatic carbocycles. The van der Waals surface area contributed by atoms with Gasteiger partial charge in [0.05, 0.1) is 4.90 Å². The molecule has 2 rings (SSSR count). The second-order valence-electron chi connectivity index (χ2n) is 4.08. The minimum atomic E-state index is -4.02. The topological polar surface area (TPSA) is 83.5 Å². The summed E-state index contributed by atoms with van der Waals surface area (Å²) in [7, 11) is -4.02. The highest BCUT2D eigenvalue weighted by atomic mass is 32.2. The third kappa shape index (κ3) is 5.39. The average Bonchev–Trinajstić information content (AvgIpc) is 2.30. The van der Waals surface area contributed by atoms with Gasteiger partial charge in [-0.15, -0.1) is 0 Å². The van der Waals surface area contributed by atoms with Crippen LogP contribution in [0.5, 0.6) is 0 Å². The van der Waals surface area contributed by atoms with Crippen molar-refractivity contribution in [2.24, 2.45) is 0 Å². The van der Waals surface area contributed by atoms with Crippen molar-refractivity contribution in [3.63, 3.8) is 0 Å². The van der Waals surface area contributed by atoms with Crippen LogP contribution in [0.4, 0.5) is 0 Å². The van der Waals surface area contributed by atoms with E-state index >= 15 is 0 Å². The van der Waals surface area contributed by atoms with Crippen molar-refractivity contribution in [3.8, 4) is 0 Å². The molecule has 6 heteroatoms. The highest BCUT2D eigenvalue weighted by molar-refractivity contribution is 7.85.